The minimum atomic E-state index is -0.366. The first-order valence-electron chi connectivity index (χ1n) is 10.2. The maximum atomic E-state index is 12.7. The summed E-state index contributed by atoms with van der Waals surface area (Å²) in [6.07, 6.45) is 7.33. The highest BCUT2D eigenvalue weighted by Crippen LogP contribution is 2.39. The molecule has 0 amide bonds. The molecule has 0 radical (unpaired) electrons. The zero-order valence-corrected chi connectivity index (χ0v) is 18.4. The van der Waals surface area contributed by atoms with Gasteiger partial charge < -0.3 is 9.30 Å². The van der Waals surface area contributed by atoms with E-state index in [-0.39, 0.29) is 22.9 Å². The fourth-order valence-corrected chi connectivity index (χ4v) is 3.90. The molecule has 0 fully saturated rings. The Labute approximate surface area is 168 Å². The average Bonchev–Trinajstić information content (AvgIpc) is 2.59. The van der Waals surface area contributed by atoms with Gasteiger partial charge in [0.15, 0.2) is 4.77 Å². The van der Waals surface area contributed by atoms with E-state index in [1.54, 1.807) is 6.20 Å². The van der Waals surface area contributed by atoms with Crippen LogP contribution in [0.1, 0.15) is 73.1 Å². The van der Waals surface area contributed by atoms with E-state index in [2.05, 4.69) is 39.6 Å². The highest BCUT2D eigenvalue weighted by Gasteiger charge is 2.41. The van der Waals surface area contributed by atoms with Gasteiger partial charge in [-0.2, -0.15) is 0 Å². The summed E-state index contributed by atoms with van der Waals surface area (Å²) in [5.41, 5.74) is -0.533. The van der Waals surface area contributed by atoms with E-state index in [1.807, 2.05) is 4.57 Å². The maximum absolute atomic E-state index is 12.7. The number of unbranched alkanes of at least 4 members (excludes halogenated alkanes) is 3. The second-order valence-corrected chi connectivity index (χ2v) is 8.50. The number of carbonyl (C=O) groups excluding carboxylic acids is 1. The number of rotatable bonds is 12. The van der Waals surface area contributed by atoms with Crippen LogP contribution in [0.25, 0.3) is 0 Å². The molecule has 5 nitrogen and oxygen atoms in total. The molecule has 154 valence electrons. The lowest BCUT2D eigenvalue weighted by Crippen LogP contribution is -2.38. The van der Waals surface area contributed by atoms with Crippen LogP contribution in [0.4, 0.5) is 0 Å². The Morgan fingerprint density at radius 3 is 2.44 bits per heavy atom. The van der Waals surface area contributed by atoms with Gasteiger partial charge in [0, 0.05) is 18.8 Å². The van der Waals surface area contributed by atoms with Crippen molar-refractivity contribution in [1.29, 1.82) is 0 Å². The molecule has 0 aromatic carbocycles. The van der Waals surface area contributed by atoms with Crippen LogP contribution in [-0.2, 0) is 16.1 Å². The van der Waals surface area contributed by atoms with Crippen molar-refractivity contribution in [3.05, 3.63) is 27.4 Å². The number of hydrogen-bond donors (Lipinski definition) is 1. The van der Waals surface area contributed by atoms with E-state index in [9.17, 15) is 9.59 Å². The Morgan fingerprint density at radius 1 is 1.22 bits per heavy atom. The van der Waals surface area contributed by atoms with Gasteiger partial charge in [0.1, 0.15) is 0 Å². The summed E-state index contributed by atoms with van der Waals surface area (Å²) < 4.78 is 8.00. The average molecular weight is 397 g/mol. The van der Waals surface area contributed by atoms with Crippen LogP contribution in [0.5, 0.6) is 0 Å². The molecule has 0 saturated carbocycles. The van der Waals surface area contributed by atoms with Crippen molar-refractivity contribution in [1.82, 2.24) is 9.55 Å². The molecule has 27 heavy (non-hydrogen) atoms. The summed E-state index contributed by atoms with van der Waals surface area (Å²) >= 11 is 5.13. The standard InChI is InChI=1S/C21H36N2O3S/c1-6-21(17(4)5,15-16(2)3)19(25)26-14-10-8-7-9-12-23-13-11-18(24)22-20(23)27/h11,13,16-17H,6-10,12,14-15H2,1-5H3,(H,22,24,27). The van der Waals surface area contributed by atoms with Gasteiger partial charge in [-0.15, -0.1) is 0 Å². The van der Waals surface area contributed by atoms with Crippen LogP contribution in [-0.4, -0.2) is 22.1 Å². The van der Waals surface area contributed by atoms with Crippen LogP contribution in [0.3, 0.4) is 0 Å². The molecular formula is C21H36N2O3S. The molecule has 1 heterocycles. The normalized spacial score (nSPS) is 13.7. The summed E-state index contributed by atoms with van der Waals surface area (Å²) in [7, 11) is 0. The van der Waals surface area contributed by atoms with Crippen LogP contribution in [0, 0.1) is 22.0 Å². The predicted molar refractivity (Wildman–Crippen MR) is 112 cm³/mol. The Hall–Kier alpha value is -1.43. The van der Waals surface area contributed by atoms with E-state index < -0.39 is 0 Å². The lowest BCUT2D eigenvalue weighted by Gasteiger charge is -2.35. The van der Waals surface area contributed by atoms with Crippen molar-refractivity contribution in [2.45, 2.75) is 79.7 Å². The monoisotopic (exact) mass is 396 g/mol. The van der Waals surface area contributed by atoms with Gasteiger partial charge in [-0.25, -0.2) is 0 Å². The Morgan fingerprint density at radius 2 is 1.89 bits per heavy atom. The van der Waals surface area contributed by atoms with Crippen LogP contribution < -0.4 is 5.56 Å². The number of nitrogens with one attached hydrogen (secondary N) is 1. The van der Waals surface area contributed by atoms with E-state index in [0.29, 0.717) is 17.3 Å². The number of nitrogens with zero attached hydrogens (tertiary/aromatic N) is 1. The zero-order chi connectivity index (χ0) is 20.4. The van der Waals surface area contributed by atoms with E-state index in [1.165, 1.54) is 6.07 Å². The highest BCUT2D eigenvalue weighted by atomic mass is 32.1. The number of H-pyrrole nitrogens is 1. The summed E-state index contributed by atoms with van der Waals surface area (Å²) in [4.78, 5) is 26.5. The van der Waals surface area contributed by atoms with Gasteiger partial charge in [-0.05, 0) is 56.2 Å². The van der Waals surface area contributed by atoms with Gasteiger partial charge >= 0.3 is 5.97 Å². The lowest BCUT2D eigenvalue weighted by atomic mass is 9.70. The first-order chi connectivity index (χ1) is 12.7. The van der Waals surface area contributed by atoms with Crippen molar-refractivity contribution in [2.75, 3.05) is 6.61 Å². The number of hydrogen-bond acceptors (Lipinski definition) is 4. The fraction of sp³-hybridized carbons (Fsp3) is 0.762. The number of aryl methyl sites for hydroxylation is 1. The van der Waals surface area contributed by atoms with E-state index >= 15 is 0 Å². The minimum absolute atomic E-state index is 0.0340. The molecule has 1 rings (SSSR count). The third-order valence-corrected chi connectivity index (χ3v) is 5.68. The molecule has 1 aromatic heterocycles. The molecule has 0 aliphatic carbocycles. The van der Waals surface area contributed by atoms with E-state index in [4.69, 9.17) is 17.0 Å². The molecule has 1 N–H and O–H groups in total. The second kappa shape index (κ2) is 11.4. The molecular weight excluding hydrogens is 360 g/mol. The number of esters is 1. The molecule has 0 saturated heterocycles. The highest BCUT2D eigenvalue weighted by molar-refractivity contribution is 7.71. The molecule has 1 aromatic rings. The number of aromatic amines is 1. The summed E-state index contributed by atoms with van der Waals surface area (Å²) in [5.74, 6) is 0.715. The van der Waals surface area contributed by atoms with Gasteiger partial charge in [-0.3, -0.25) is 14.6 Å². The predicted octanol–water partition coefficient (Wildman–Crippen LogP) is 5.11. The molecule has 0 aliphatic rings. The number of carbonyl (C=O) groups is 1. The topological polar surface area (TPSA) is 64.1 Å². The molecule has 6 heteroatoms. The van der Waals surface area contributed by atoms with E-state index in [0.717, 1.165) is 45.1 Å². The smallest absolute Gasteiger partial charge is 0.312 e. The van der Waals surface area contributed by atoms with Crippen molar-refractivity contribution in [2.24, 2.45) is 17.3 Å². The van der Waals surface area contributed by atoms with Crippen molar-refractivity contribution < 1.29 is 9.53 Å². The first kappa shape index (κ1) is 23.6. The quantitative estimate of drug-likeness (QED) is 0.303. The molecule has 0 aliphatic heterocycles. The largest absolute Gasteiger partial charge is 0.465 e. The number of aromatic nitrogens is 2. The Balaban J connectivity index is 2.34. The third kappa shape index (κ3) is 7.24. The Bertz CT molecular complexity index is 693. The van der Waals surface area contributed by atoms with Crippen molar-refractivity contribution >= 4 is 18.2 Å². The summed E-state index contributed by atoms with van der Waals surface area (Å²) in [6, 6.07) is 1.49. The lowest BCUT2D eigenvalue weighted by molar-refractivity contribution is -0.161. The molecule has 0 bridgehead atoms. The second-order valence-electron chi connectivity index (χ2n) is 8.12. The van der Waals surface area contributed by atoms with Crippen LogP contribution in [0.2, 0.25) is 0 Å². The number of ether oxygens (including phenoxy) is 1. The molecule has 1 atom stereocenters. The van der Waals surface area contributed by atoms with Gasteiger partial charge in [0.2, 0.25) is 0 Å². The molecule has 0 spiro atoms. The van der Waals surface area contributed by atoms with Crippen molar-refractivity contribution in [3.63, 3.8) is 0 Å². The Kier molecular flexibility index (Phi) is 9.99. The van der Waals surface area contributed by atoms with Gasteiger partial charge in [0.05, 0.1) is 12.0 Å². The van der Waals surface area contributed by atoms with Gasteiger partial charge in [-0.1, -0.05) is 41.0 Å². The van der Waals surface area contributed by atoms with Crippen LogP contribution >= 0.6 is 12.2 Å². The summed E-state index contributed by atoms with van der Waals surface area (Å²) in [6.45, 7) is 11.9. The van der Waals surface area contributed by atoms with Crippen molar-refractivity contribution in [3.8, 4) is 0 Å². The maximum Gasteiger partial charge on any atom is 0.312 e. The zero-order valence-electron chi connectivity index (χ0n) is 17.5. The third-order valence-electron chi connectivity index (χ3n) is 5.34. The van der Waals surface area contributed by atoms with Crippen LogP contribution in [0.15, 0.2) is 17.1 Å². The first-order valence-corrected chi connectivity index (χ1v) is 10.6. The van der Waals surface area contributed by atoms with Gasteiger partial charge in [0.25, 0.3) is 5.56 Å². The SMILES string of the molecule is CCC(CC(C)C)(C(=O)OCCCCCCn1ccc(=O)[nH]c1=S)C(C)C. The fourth-order valence-electron chi connectivity index (χ4n) is 3.65. The summed E-state index contributed by atoms with van der Waals surface area (Å²) in [5, 5.41) is 0. The molecule has 1 unspecified atom stereocenters. The minimum Gasteiger partial charge on any atom is -0.465 e.